The second-order valence-corrected chi connectivity index (χ2v) is 9.04. The predicted octanol–water partition coefficient (Wildman–Crippen LogP) is 7.19. The van der Waals surface area contributed by atoms with Crippen LogP contribution in [-0.2, 0) is 0 Å². The van der Waals surface area contributed by atoms with Crippen LogP contribution in [0.15, 0.2) is 83.2 Å². The Kier molecular flexibility index (Phi) is 6.38. The highest BCUT2D eigenvalue weighted by Gasteiger charge is 2.24. The van der Waals surface area contributed by atoms with Crippen LogP contribution in [0.2, 0.25) is 5.02 Å². The molecule has 152 valence electrons. The van der Waals surface area contributed by atoms with Gasteiger partial charge in [-0.25, -0.2) is 9.78 Å². The van der Waals surface area contributed by atoms with E-state index < -0.39 is 11.2 Å². The minimum atomic E-state index is -1.08. The third kappa shape index (κ3) is 4.64. The molecule has 1 N–H and O–H groups in total. The second kappa shape index (κ2) is 9.36. The van der Waals surface area contributed by atoms with Crippen LogP contribution in [0.3, 0.4) is 0 Å². The van der Waals surface area contributed by atoms with Gasteiger partial charge < -0.3 is 5.11 Å². The minimum Gasteiger partial charge on any atom is -0.478 e. The monoisotopic (exact) mass is 462 g/mol. The number of rotatable bonds is 6. The highest BCUT2D eigenvalue weighted by atomic mass is 35.5. The van der Waals surface area contributed by atoms with E-state index in [4.69, 9.17) is 11.6 Å². The Morgan fingerprint density at radius 2 is 1.84 bits per heavy atom. The van der Waals surface area contributed by atoms with Gasteiger partial charge in [0.25, 0.3) is 0 Å². The van der Waals surface area contributed by atoms with Gasteiger partial charge in [0.15, 0.2) is 0 Å². The summed E-state index contributed by atoms with van der Waals surface area (Å²) >= 11 is 8.63. The van der Waals surface area contributed by atoms with Gasteiger partial charge in [-0.3, -0.25) is 0 Å². The molecule has 7 heteroatoms. The molecule has 0 aliphatic rings. The molecule has 0 saturated heterocycles. The van der Waals surface area contributed by atoms with Crippen LogP contribution in [0.25, 0.3) is 21.7 Å². The number of carboxylic acids is 1. The molecule has 0 spiro atoms. The first-order valence-corrected chi connectivity index (χ1v) is 11.4. The highest BCUT2D eigenvalue weighted by molar-refractivity contribution is 7.99. The molecule has 4 aromatic rings. The average Bonchev–Trinajstić information content (AvgIpc) is 3.33. The Balaban J connectivity index is 1.89. The van der Waals surface area contributed by atoms with Crippen molar-refractivity contribution in [2.45, 2.75) is 10.3 Å². The van der Waals surface area contributed by atoms with E-state index in [-0.39, 0.29) is 5.56 Å². The number of nitriles is 1. The lowest BCUT2D eigenvalue weighted by atomic mass is 10.0. The maximum atomic E-state index is 12.3. The molecule has 2 heterocycles. The predicted molar refractivity (Wildman–Crippen MR) is 126 cm³/mol. The van der Waals surface area contributed by atoms with Crippen molar-refractivity contribution in [3.05, 3.63) is 94.3 Å². The van der Waals surface area contributed by atoms with Crippen LogP contribution in [0.5, 0.6) is 0 Å². The SMILES string of the molecule is N#C[C@H](Sc1nc(-c2cccs2)cc(-c2ccccc2)c1C(=O)O)c1ccc(Cl)cc1. The number of aromatic nitrogens is 1. The van der Waals surface area contributed by atoms with Crippen molar-refractivity contribution >= 4 is 40.7 Å². The van der Waals surface area contributed by atoms with Gasteiger partial charge in [0, 0.05) is 10.6 Å². The lowest BCUT2D eigenvalue weighted by Gasteiger charge is -2.16. The number of thioether (sulfide) groups is 1. The van der Waals surface area contributed by atoms with Crippen molar-refractivity contribution in [2.24, 2.45) is 0 Å². The maximum Gasteiger partial charge on any atom is 0.339 e. The summed E-state index contributed by atoms with van der Waals surface area (Å²) in [7, 11) is 0. The molecule has 4 nitrogen and oxygen atoms in total. The van der Waals surface area contributed by atoms with Crippen LogP contribution in [0, 0.1) is 11.3 Å². The summed E-state index contributed by atoms with van der Waals surface area (Å²) in [5.41, 5.74) is 2.85. The molecule has 0 amide bonds. The Labute approximate surface area is 192 Å². The number of hydrogen-bond acceptors (Lipinski definition) is 5. The van der Waals surface area contributed by atoms with Gasteiger partial charge >= 0.3 is 5.97 Å². The molecular formula is C24H15ClN2O2S2. The van der Waals surface area contributed by atoms with Gasteiger partial charge in [-0.05, 0) is 40.8 Å². The third-order valence-electron chi connectivity index (χ3n) is 4.58. The Hall–Kier alpha value is -3.11. The molecule has 2 aromatic heterocycles. The number of nitrogens with zero attached hydrogens (tertiary/aromatic N) is 2. The van der Waals surface area contributed by atoms with E-state index in [1.165, 1.54) is 11.3 Å². The average molecular weight is 463 g/mol. The zero-order chi connectivity index (χ0) is 21.8. The minimum absolute atomic E-state index is 0.0886. The van der Waals surface area contributed by atoms with Crippen molar-refractivity contribution in [2.75, 3.05) is 0 Å². The van der Waals surface area contributed by atoms with Crippen LogP contribution >= 0.6 is 34.7 Å². The lowest BCUT2D eigenvalue weighted by molar-refractivity contribution is 0.0693. The van der Waals surface area contributed by atoms with Crippen LogP contribution in [0.1, 0.15) is 21.2 Å². The number of carbonyl (C=O) groups is 1. The quantitative estimate of drug-likeness (QED) is 0.307. The molecule has 0 aliphatic carbocycles. The standard InChI is InChI=1S/C24H15ClN2O2S2/c25-17-10-8-16(9-11-17)21(14-26)31-23-22(24(28)29)18(15-5-2-1-3-6-15)13-19(27-23)20-7-4-12-30-20/h1-13,21H,(H,28,29)/t21-/m0/s1. The molecule has 0 radical (unpaired) electrons. The van der Waals surface area contributed by atoms with E-state index in [1.54, 1.807) is 30.3 Å². The first-order valence-electron chi connectivity index (χ1n) is 9.26. The van der Waals surface area contributed by atoms with Crippen LogP contribution in [-0.4, -0.2) is 16.1 Å². The van der Waals surface area contributed by atoms with Gasteiger partial charge in [0.1, 0.15) is 10.3 Å². The van der Waals surface area contributed by atoms with Crippen molar-refractivity contribution < 1.29 is 9.90 Å². The van der Waals surface area contributed by atoms with Crippen molar-refractivity contribution in [1.82, 2.24) is 4.98 Å². The van der Waals surface area contributed by atoms with Crippen LogP contribution < -0.4 is 0 Å². The molecule has 0 saturated carbocycles. The fourth-order valence-corrected chi connectivity index (χ4v) is 4.98. The zero-order valence-electron chi connectivity index (χ0n) is 16.0. The second-order valence-electron chi connectivity index (χ2n) is 6.56. The van der Waals surface area contributed by atoms with Gasteiger partial charge in [-0.2, -0.15) is 5.26 Å². The van der Waals surface area contributed by atoms with Gasteiger partial charge in [-0.15, -0.1) is 11.3 Å². The summed E-state index contributed by atoms with van der Waals surface area (Å²) in [6, 6.07) is 24.2. The number of benzene rings is 2. The molecule has 0 bridgehead atoms. The third-order valence-corrected chi connectivity index (χ3v) is 6.85. The zero-order valence-corrected chi connectivity index (χ0v) is 18.4. The topological polar surface area (TPSA) is 74.0 Å². The molecule has 0 unspecified atom stereocenters. The normalized spacial score (nSPS) is 11.6. The Morgan fingerprint density at radius 3 is 2.45 bits per heavy atom. The van der Waals surface area contributed by atoms with E-state index in [9.17, 15) is 15.2 Å². The summed E-state index contributed by atoms with van der Waals surface area (Å²) in [6.07, 6.45) is 0. The summed E-state index contributed by atoms with van der Waals surface area (Å²) in [5.74, 6) is -1.08. The Morgan fingerprint density at radius 1 is 1.10 bits per heavy atom. The largest absolute Gasteiger partial charge is 0.478 e. The summed E-state index contributed by atoms with van der Waals surface area (Å²) < 4.78 is 0. The van der Waals surface area contributed by atoms with Crippen LogP contribution in [0.4, 0.5) is 0 Å². The summed E-state index contributed by atoms with van der Waals surface area (Å²) in [5, 5.41) is 22.1. The van der Waals surface area contributed by atoms with Crippen molar-refractivity contribution in [3.8, 4) is 27.8 Å². The summed E-state index contributed by atoms with van der Waals surface area (Å²) in [6.45, 7) is 0. The fraction of sp³-hybridized carbons (Fsp3) is 0.0417. The van der Waals surface area contributed by atoms with E-state index in [0.29, 0.717) is 21.3 Å². The molecule has 2 aromatic carbocycles. The maximum absolute atomic E-state index is 12.3. The molecule has 0 aliphatic heterocycles. The van der Waals surface area contributed by atoms with Gasteiger partial charge in [-0.1, -0.05) is 71.9 Å². The summed E-state index contributed by atoms with van der Waals surface area (Å²) in [4.78, 5) is 17.9. The number of carboxylic acid groups (broad SMARTS) is 1. The van der Waals surface area contributed by atoms with Crippen molar-refractivity contribution in [1.29, 1.82) is 5.26 Å². The lowest BCUT2D eigenvalue weighted by Crippen LogP contribution is -2.06. The smallest absolute Gasteiger partial charge is 0.339 e. The Bertz CT molecular complexity index is 1250. The first-order chi connectivity index (χ1) is 15.1. The first kappa shape index (κ1) is 21.1. The number of hydrogen-bond donors (Lipinski definition) is 1. The van der Waals surface area contributed by atoms with E-state index in [1.807, 2.05) is 47.8 Å². The number of pyridine rings is 1. The van der Waals surface area contributed by atoms with Crippen molar-refractivity contribution in [3.63, 3.8) is 0 Å². The number of halogens is 1. The molecule has 1 atom stereocenters. The molecule has 31 heavy (non-hydrogen) atoms. The van der Waals surface area contributed by atoms with Gasteiger partial charge in [0.2, 0.25) is 0 Å². The molecule has 0 fully saturated rings. The molecular weight excluding hydrogens is 448 g/mol. The molecule has 4 rings (SSSR count). The number of aromatic carboxylic acids is 1. The van der Waals surface area contributed by atoms with E-state index in [0.717, 1.165) is 27.8 Å². The fourth-order valence-electron chi connectivity index (χ4n) is 3.13. The van der Waals surface area contributed by atoms with Gasteiger partial charge in [0.05, 0.1) is 22.2 Å². The number of thiophene rings is 1. The van der Waals surface area contributed by atoms with E-state index in [2.05, 4.69) is 11.1 Å². The highest BCUT2D eigenvalue weighted by Crippen LogP contribution is 2.41. The van der Waals surface area contributed by atoms with E-state index >= 15 is 0 Å².